The summed E-state index contributed by atoms with van der Waals surface area (Å²) in [7, 11) is 0. The summed E-state index contributed by atoms with van der Waals surface area (Å²) in [6.45, 7) is 6.31. The van der Waals surface area contributed by atoms with Gasteiger partial charge in [-0.3, -0.25) is 4.79 Å². The zero-order valence-corrected chi connectivity index (χ0v) is 7.55. The van der Waals surface area contributed by atoms with Crippen LogP contribution in [0.2, 0.25) is 0 Å². The van der Waals surface area contributed by atoms with E-state index in [1.807, 2.05) is 6.92 Å². The highest BCUT2D eigenvalue weighted by Gasteiger charge is 2.19. The molecule has 1 nitrogen and oxygen atoms in total. The Balaban J connectivity index is 2.66. The quantitative estimate of drug-likeness (QED) is 0.528. The summed E-state index contributed by atoms with van der Waals surface area (Å²) in [5, 5.41) is 0. The van der Waals surface area contributed by atoms with Crippen LogP contribution in [0.15, 0.2) is 11.6 Å². The zero-order valence-electron chi connectivity index (χ0n) is 7.55. The lowest BCUT2D eigenvalue weighted by molar-refractivity contribution is -0.122. The van der Waals surface area contributed by atoms with Gasteiger partial charge in [-0.05, 0) is 12.3 Å². The number of carbonyl (C=O) groups excluding carboxylic acids is 1. The van der Waals surface area contributed by atoms with Crippen LogP contribution in [-0.4, -0.2) is 5.78 Å². The number of ketones is 1. The first-order valence-electron chi connectivity index (χ1n) is 4.33. The second-order valence-corrected chi connectivity index (χ2v) is 3.71. The minimum absolute atomic E-state index is 0.262. The van der Waals surface area contributed by atoms with E-state index < -0.39 is 0 Å². The summed E-state index contributed by atoms with van der Waals surface area (Å²) in [5.41, 5.74) is 1.33. The van der Waals surface area contributed by atoms with Crippen molar-refractivity contribution in [2.45, 2.75) is 33.6 Å². The third-order valence-electron chi connectivity index (χ3n) is 2.40. The van der Waals surface area contributed by atoms with E-state index in [0.29, 0.717) is 18.1 Å². The Kier molecular flexibility index (Phi) is 2.48. The summed E-state index contributed by atoms with van der Waals surface area (Å²) < 4.78 is 0. The first-order chi connectivity index (χ1) is 5.11. The Bertz CT molecular complexity index is 189. The number of Topliss-reactive ketones (excluding diaryl/α,β-unsaturated/α-hetero) is 1. The van der Waals surface area contributed by atoms with Crippen LogP contribution in [0.5, 0.6) is 0 Å². The van der Waals surface area contributed by atoms with Gasteiger partial charge in [0.2, 0.25) is 0 Å². The fourth-order valence-electron chi connectivity index (χ4n) is 1.35. The molecule has 11 heavy (non-hydrogen) atoms. The second-order valence-electron chi connectivity index (χ2n) is 3.71. The molecule has 0 heterocycles. The molecule has 0 aromatic carbocycles. The highest BCUT2D eigenvalue weighted by atomic mass is 16.1. The molecule has 0 N–H and O–H groups in total. The van der Waals surface area contributed by atoms with E-state index in [0.717, 1.165) is 6.42 Å². The van der Waals surface area contributed by atoms with Crippen LogP contribution in [-0.2, 0) is 4.79 Å². The van der Waals surface area contributed by atoms with Gasteiger partial charge in [-0.2, -0.15) is 0 Å². The third kappa shape index (κ3) is 1.92. The van der Waals surface area contributed by atoms with Gasteiger partial charge in [-0.15, -0.1) is 0 Å². The zero-order chi connectivity index (χ0) is 8.43. The van der Waals surface area contributed by atoms with Crippen LogP contribution in [0, 0.1) is 11.8 Å². The molecule has 1 aliphatic carbocycles. The number of allylic oxidation sites excluding steroid dienone is 2. The summed E-state index contributed by atoms with van der Waals surface area (Å²) in [4.78, 5) is 11.3. The smallest absolute Gasteiger partial charge is 0.140 e. The molecule has 1 atom stereocenters. The predicted molar refractivity (Wildman–Crippen MR) is 46.3 cm³/mol. The van der Waals surface area contributed by atoms with Gasteiger partial charge in [0, 0.05) is 12.3 Å². The van der Waals surface area contributed by atoms with E-state index in [4.69, 9.17) is 0 Å². The van der Waals surface area contributed by atoms with Crippen molar-refractivity contribution in [3.05, 3.63) is 11.6 Å². The SMILES string of the molecule is CC(C)C1=CCC(C)C(=O)C1. The van der Waals surface area contributed by atoms with E-state index in [1.54, 1.807) is 0 Å². The van der Waals surface area contributed by atoms with Gasteiger partial charge < -0.3 is 0 Å². The van der Waals surface area contributed by atoms with Crippen molar-refractivity contribution in [1.29, 1.82) is 0 Å². The Labute approximate surface area is 68.5 Å². The molecule has 0 saturated heterocycles. The first kappa shape index (κ1) is 8.51. The summed E-state index contributed by atoms with van der Waals surface area (Å²) in [5.74, 6) is 1.22. The number of rotatable bonds is 1. The maximum Gasteiger partial charge on any atom is 0.140 e. The highest BCUT2D eigenvalue weighted by Crippen LogP contribution is 2.24. The van der Waals surface area contributed by atoms with Gasteiger partial charge in [0.05, 0.1) is 0 Å². The van der Waals surface area contributed by atoms with Crippen LogP contribution in [0.4, 0.5) is 0 Å². The molecule has 0 aromatic heterocycles. The average Bonchev–Trinajstić information content (AvgIpc) is 1.94. The lowest BCUT2D eigenvalue weighted by Crippen LogP contribution is -2.17. The van der Waals surface area contributed by atoms with Gasteiger partial charge in [0.1, 0.15) is 5.78 Å². The van der Waals surface area contributed by atoms with Crippen molar-refractivity contribution in [2.75, 3.05) is 0 Å². The molecule has 0 radical (unpaired) electrons. The van der Waals surface area contributed by atoms with Crippen molar-refractivity contribution in [3.63, 3.8) is 0 Å². The third-order valence-corrected chi connectivity index (χ3v) is 2.40. The molecule has 1 unspecified atom stereocenters. The van der Waals surface area contributed by atoms with Gasteiger partial charge in [0.15, 0.2) is 0 Å². The van der Waals surface area contributed by atoms with E-state index in [9.17, 15) is 4.79 Å². The number of hydrogen-bond acceptors (Lipinski definition) is 1. The molecule has 0 saturated carbocycles. The lowest BCUT2D eigenvalue weighted by atomic mass is 9.85. The molecule has 0 aliphatic heterocycles. The van der Waals surface area contributed by atoms with Gasteiger partial charge >= 0.3 is 0 Å². The summed E-state index contributed by atoms with van der Waals surface area (Å²) in [6, 6.07) is 0. The maximum absolute atomic E-state index is 11.3. The monoisotopic (exact) mass is 152 g/mol. The molecular formula is C10H16O. The summed E-state index contributed by atoms with van der Waals surface area (Å²) >= 11 is 0. The van der Waals surface area contributed by atoms with E-state index in [1.165, 1.54) is 5.57 Å². The predicted octanol–water partition coefficient (Wildman–Crippen LogP) is 2.57. The average molecular weight is 152 g/mol. The van der Waals surface area contributed by atoms with E-state index >= 15 is 0 Å². The van der Waals surface area contributed by atoms with Crippen LogP contribution in [0.3, 0.4) is 0 Å². The van der Waals surface area contributed by atoms with Crippen LogP contribution in [0.1, 0.15) is 33.6 Å². The maximum atomic E-state index is 11.3. The minimum atomic E-state index is 0.262. The van der Waals surface area contributed by atoms with Crippen LogP contribution < -0.4 is 0 Å². The van der Waals surface area contributed by atoms with Gasteiger partial charge in [0.25, 0.3) is 0 Å². The van der Waals surface area contributed by atoms with Crippen molar-refractivity contribution < 1.29 is 4.79 Å². The number of carbonyl (C=O) groups is 1. The van der Waals surface area contributed by atoms with Gasteiger partial charge in [-0.25, -0.2) is 0 Å². The fraction of sp³-hybridized carbons (Fsp3) is 0.700. The van der Waals surface area contributed by atoms with Crippen molar-refractivity contribution in [3.8, 4) is 0 Å². The van der Waals surface area contributed by atoms with Crippen molar-refractivity contribution >= 4 is 5.78 Å². The Morgan fingerprint density at radius 3 is 2.64 bits per heavy atom. The van der Waals surface area contributed by atoms with E-state index in [-0.39, 0.29) is 5.92 Å². The van der Waals surface area contributed by atoms with E-state index in [2.05, 4.69) is 19.9 Å². The van der Waals surface area contributed by atoms with Crippen molar-refractivity contribution in [2.24, 2.45) is 11.8 Å². The molecule has 0 amide bonds. The minimum Gasteiger partial charge on any atom is -0.299 e. The van der Waals surface area contributed by atoms with Crippen LogP contribution in [0.25, 0.3) is 0 Å². The Hall–Kier alpha value is -0.590. The number of hydrogen-bond donors (Lipinski definition) is 0. The molecule has 0 aromatic rings. The van der Waals surface area contributed by atoms with Gasteiger partial charge in [-0.1, -0.05) is 32.4 Å². The normalized spacial score (nSPS) is 25.6. The molecular weight excluding hydrogens is 136 g/mol. The molecule has 0 bridgehead atoms. The highest BCUT2D eigenvalue weighted by molar-refractivity contribution is 5.84. The Morgan fingerprint density at radius 2 is 2.18 bits per heavy atom. The molecule has 62 valence electrons. The Morgan fingerprint density at radius 1 is 1.55 bits per heavy atom. The van der Waals surface area contributed by atoms with Crippen molar-refractivity contribution in [1.82, 2.24) is 0 Å². The molecule has 0 fully saturated rings. The largest absolute Gasteiger partial charge is 0.299 e. The molecule has 1 rings (SSSR count). The fourth-order valence-corrected chi connectivity index (χ4v) is 1.35. The standard InChI is InChI=1S/C10H16O/c1-7(2)9-5-4-8(3)10(11)6-9/h5,7-8H,4,6H2,1-3H3. The summed E-state index contributed by atoms with van der Waals surface area (Å²) in [6.07, 6.45) is 3.88. The topological polar surface area (TPSA) is 17.1 Å². The molecule has 1 heteroatoms. The second kappa shape index (κ2) is 3.21. The molecule has 1 aliphatic rings. The lowest BCUT2D eigenvalue weighted by Gasteiger charge is -2.19. The molecule has 0 spiro atoms. The first-order valence-corrected chi connectivity index (χ1v) is 4.33. The van der Waals surface area contributed by atoms with Crippen LogP contribution >= 0.6 is 0 Å².